The lowest BCUT2D eigenvalue weighted by atomic mass is 10.1. The van der Waals surface area contributed by atoms with Crippen molar-refractivity contribution >= 4 is 5.91 Å². The molecule has 1 amide bonds. The van der Waals surface area contributed by atoms with Crippen LogP contribution in [0.2, 0.25) is 0 Å². The van der Waals surface area contributed by atoms with Crippen LogP contribution in [0.15, 0.2) is 24.3 Å². The molecule has 20 heavy (non-hydrogen) atoms. The van der Waals surface area contributed by atoms with Crippen molar-refractivity contribution < 1.29 is 19.4 Å². The Morgan fingerprint density at radius 1 is 1.30 bits per heavy atom. The molecule has 5 heteroatoms. The molecule has 0 aliphatic carbocycles. The Balaban J connectivity index is 1.97. The number of carbonyl (C=O) groups is 1. The number of aliphatic hydroxyl groups excluding tert-OH is 1. The summed E-state index contributed by atoms with van der Waals surface area (Å²) in [5.41, 5.74) is 0. The normalized spacial score (nSPS) is 22.4. The molecule has 0 aromatic heterocycles. The smallest absolute Gasteiger partial charge is 0.265 e. The minimum absolute atomic E-state index is 0.0944. The highest BCUT2D eigenvalue weighted by Gasteiger charge is 2.34. The molecule has 1 aliphatic heterocycles. The third-order valence-corrected chi connectivity index (χ3v) is 3.36. The average molecular weight is 279 g/mol. The zero-order valence-electron chi connectivity index (χ0n) is 12.0. The van der Waals surface area contributed by atoms with Crippen LogP contribution >= 0.6 is 0 Å². The molecular formula is C15H21NO4. The van der Waals surface area contributed by atoms with Crippen LogP contribution < -0.4 is 14.8 Å². The highest BCUT2D eigenvalue weighted by atomic mass is 16.6. The Labute approximate surface area is 118 Å². The Hall–Kier alpha value is -1.75. The summed E-state index contributed by atoms with van der Waals surface area (Å²) in [5.74, 6) is 1.03. The summed E-state index contributed by atoms with van der Waals surface area (Å²) in [6, 6.07) is 7.26. The maximum atomic E-state index is 12.1. The lowest BCUT2D eigenvalue weighted by Crippen LogP contribution is -2.50. The number of amides is 1. The second kappa shape index (κ2) is 6.13. The quantitative estimate of drug-likeness (QED) is 0.873. The van der Waals surface area contributed by atoms with Crippen LogP contribution in [0.4, 0.5) is 0 Å². The van der Waals surface area contributed by atoms with Gasteiger partial charge in [-0.2, -0.15) is 0 Å². The van der Waals surface area contributed by atoms with E-state index in [1.807, 2.05) is 32.0 Å². The number of nitrogens with one attached hydrogen (secondary N) is 1. The number of benzene rings is 1. The molecule has 0 radical (unpaired) electrons. The van der Waals surface area contributed by atoms with Gasteiger partial charge in [-0.25, -0.2) is 0 Å². The molecule has 2 N–H and O–H groups in total. The molecule has 5 nitrogen and oxygen atoms in total. The number of para-hydroxylation sites is 2. The van der Waals surface area contributed by atoms with E-state index in [2.05, 4.69) is 5.32 Å². The minimum Gasteiger partial charge on any atom is -0.482 e. The van der Waals surface area contributed by atoms with Crippen molar-refractivity contribution in [2.45, 2.75) is 39.1 Å². The number of rotatable bonds is 4. The van der Waals surface area contributed by atoms with Crippen LogP contribution in [0.3, 0.4) is 0 Å². The van der Waals surface area contributed by atoms with Gasteiger partial charge in [0.05, 0.1) is 6.10 Å². The predicted molar refractivity (Wildman–Crippen MR) is 74.8 cm³/mol. The van der Waals surface area contributed by atoms with E-state index < -0.39 is 12.2 Å². The van der Waals surface area contributed by atoms with Crippen molar-refractivity contribution in [3.63, 3.8) is 0 Å². The van der Waals surface area contributed by atoms with Gasteiger partial charge in [0.25, 0.3) is 5.91 Å². The monoisotopic (exact) mass is 279 g/mol. The van der Waals surface area contributed by atoms with Gasteiger partial charge >= 0.3 is 0 Å². The zero-order valence-corrected chi connectivity index (χ0v) is 12.0. The van der Waals surface area contributed by atoms with Crippen molar-refractivity contribution in [2.75, 3.05) is 6.54 Å². The molecule has 0 saturated heterocycles. The van der Waals surface area contributed by atoms with E-state index >= 15 is 0 Å². The topological polar surface area (TPSA) is 67.8 Å². The van der Waals surface area contributed by atoms with Crippen LogP contribution in [0.5, 0.6) is 11.5 Å². The van der Waals surface area contributed by atoms with Crippen molar-refractivity contribution in [2.24, 2.45) is 5.92 Å². The van der Waals surface area contributed by atoms with Crippen molar-refractivity contribution in [3.8, 4) is 11.5 Å². The van der Waals surface area contributed by atoms with Crippen molar-refractivity contribution in [3.05, 3.63) is 24.3 Å². The third kappa shape index (κ3) is 3.22. The zero-order chi connectivity index (χ0) is 14.7. The van der Waals surface area contributed by atoms with E-state index in [1.54, 1.807) is 13.0 Å². The number of hydrogen-bond donors (Lipinski definition) is 2. The van der Waals surface area contributed by atoms with E-state index in [0.717, 1.165) is 0 Å². The predicted octanol–water partition coefficient (Wildman–Crippen LogP) is 1.35. The Kier molecular flexibility index (Phi) is 4.49. The molecule has 0 fully saturated rings. The van der Waals surface area contributed by atoms with Gasteiger partial charge in [-0.05, 0) is 25.0 Å². The third-order valence-electron chi connectivity index (χ3n) is 3.36. The molecule has 0 spiro atoms. The van der Waals surface area contributed by atoms with E-state index in [-0.39, 0.29) is 24.5 Å². The van der Waals surface area contributed by atoms with Gasteiger partial charge in [0.15, 0.2) is 11.5 Å². The fourth-order valence-corrected chi connectivity index (χ4v) is 1.95. The number of fused-ring (bicyclic) bond motifs is 1. The van der Waals surface area contributed by atoms with Gasteiger partial charge in [-0.3, -0.25) is 4.79 Å². The fourth-order valence-electron chi connectivity index (χ4n) is 1.95. The summed E-state index contributed by atoms with van der Waals surface area (Å²) in [4.78, 5) is 12.1. The Morgan fingerprint density at radius 2 is 1.90 bits per heavy atom. The molecule has 110 valence electrons. The maximum absolute atomic E-state index is 12.1. The van der Waals surface area contributed by atoms with Gasteiger partial charge in [-0.15, -0.1) is 0 Å². The maximum Gasteiger partial charge on any atom is 0.265 e. The molecule has 0 bridgehead atoms. The first-order valence-corrected chi connectivity index (χ1v) is 6.87. The van der Waals surface area contributed by atoms with Gasteiger partial charge in [0, 0.05) is 6.54 Å². The largest absolute Gasteiger partial charge is 0.482 e. The Morgan fingerprint density at radius 3 is 2.50 bits per heavy atom. The number of carbonyl (C=O) groups excluding carboxylic acids is 1. The molecule has 3 unspecified atom stereocenters. The summed E-state index contributed by atoms with van der Waals surface area (Å²) in [6.07, 6.45) is -1.64. The van der Waals surface area contributed by atoms with Gasteiger partial charge < -0.3 is 19.9 Å². The van der Waals surface area contributed by atoms with Crippen molar-refractivity contribution in [1.82, 2.24) is 5.32 Å². The molecule has 0 saturated carbocycles. The standard InChI is InChI=1S/C15H21NO4/c1-9(2)11(17)8-16-15(18)14-10(3)19-12-6-4-5-7-13(12)20-14/h4-7,9-11,14,17H,8H2,1-3H3,(H,16,18). The average Bonchev–Trinajstić information content (AvgIpc) is 2.43. The van der Waals surface area contributed by atoms with Gasteiger partial charge in [-0.1, -0.05) is 26.0 Å². The van der Waals surface area contributed by atoms with Crippen LogP contribution in [0, 0.1) is 5.92 Å². The summed E-state index contributed by atoms with van der Waals surface area (Å²) in [5, 5.41) is 12.4. The van der Waals surface area contributed by atoms with E-state index in [1.165, 1.54) is 0 Å². The van der Waals surface area contributed by atoms with Crippen LogP contribution in [-0.2, 0) is 4.79 Å². The molecular weight excluding hydrogens is 258 g/mol. The summed E-state index contributed by atoms with van der Waals surface area (Å²) in [6.45, 7) is 5.80. The van der Waals surface area contributed by atoms with E-state index in [9.17, 15) is 9.90 Å². The highest BCUT2D eigenvalue weighted by Crippen LogP contribution is 2.33. The highest BCUT2D eigenvalue weighted by molar-refractivity contribution is 5.82. The number of aliphatic hydroxyl groups is 1. The SMILES string of the molecule is CC(C)C(O)CNC(=O)C1Oc2ccccc2OC1C. The molecule has 1 heterocycles. The summed E-state index contributed by atoms with van der Waals surface area (Å²) < 4.78 is 11.4. The first-order valence-electron chi connectivity index (χ1n) is 6.87. The van der Waals surface area contributed by atoms with E-state index in [4.69, 9.17) is 9.47 Å². The lowest BCUT2D eigenvalue weighted by molar-refractivity contribution is -0.134. The van der Waals surface area contributed by atoms with Gasteiger partial charge in [0.2, 0.25) is 6.10 Å². The number of ether oxygens (including phenoxy) is 2. The molecule has 1 aromatic rings. The molecule has 2 rings (SSSR count). The molecule has 1 aliphatic rings. The lowest BCUT2D eigenvalue weighted by Gasteiger charge is -2.31. The second-order valence-corrected chi connectivity index (χ2v) is 5.36. The Bertz CT molecular complexity index is 475. The van der Waals surface area contributed by atoms with E-state index in [0.29, 0.717) is 11.5 Å². The second-order valence-electron chi connectivity index (χ2n) is 5.36. The minimum atomic E-state index is -0.704. The fraction of sp³-hybridized carbons (Fsp3) is 0.533. The number of hydrogen-bond acceptors (Lipinski definition) is 4. The van der Waals surface area contributed by atoms with Crippen LogP contribution in [-0.4, -0.2) is 35.9 Å². The summed E-state index contributed by atoms with van der Waals surface area (Å²) >= 11 is 0. The van der Waals surface area contributed by atoms with Crippen LogP contribution in [0.1, 0.15) is 20.8 Å². The van der Waals surface area contributed by atoms with Crippen LogP contribution in [0.25, 0.3) is 0 Å². The first-order chi connectivity index (χ1) is 9.49. The molecule has 1 aromatic carbocycles. The first kappa shape index (κ1) is 14.7. The summed E-state index contributed by atoms with van der Waals surface area (Å²) in [7, 11) is 0. The molecule has 3 atom stereocenters. The van der Waals surface area contributed by atoms with Gasteiger partial charge in [0.1, 0.15) is 6.10 Å². The van der Waals surface area contributed by atoms with Crippen molar-refractivity contribution in [1.29, 1.82) is 0 Å².